The molecule has 1 spiro atoms. The molecule has 2 aliphatic carbocycles. The molecule has 47 heavy (non-hydrogen) atoms. The van der Waals surface area contributed by atoms with Crippen molar-refractivity contribution >= 4 is 29.3 Å². The minimum absolute atomic E-state index is 0.0281. The van der Waals surface area contributed by atoms with Gasteiger partial charge in [-0.05, 0) is 84.6 Å². The minimum atomic E-state index is -0.651. The predicted octanol–water partition coefficient (Wildman–Crippen LogP) is 6.34. The molecule has 2 saturated carbocycles. The monoisotopic (exact) mass is 660 g/mol. The predicted molar refractivity (Wildman–Crippen MR) is 191 cm³/mol. The Bertz CT molecular complexity index is 1380. The first-order chi connectivity index (χ1) is 22.6. The van der Waals surface area contributed by atoms with Crippen LogP contribution in [0.2, 0.25) is 5.02 Å². The minimum Gasteiger partial charge on any atom is -0.349 e. The SMILES string of the molecule is C=CC=C.CN(C)C(=O)[C@@H]1CC2(CCN(C(=O)C(Cc3ccc(Cl)cc3)NC(=O)CCc3ccccc3CN)CC2)C2CCCCC21. The Labute approximate surface area is 286 Å². The van der Waals surface area contributed by atoms with Crippen molar-refractivity contribution in [3.8, 4) is 0 Å². The quantitative estimate of drug-likeness (QED) is 0.291. The van der Waals surface area contributed by atoms with Crippen LogP contribution in [0.1, 0.15) is 68.1 Å². The number of hydrogen-bond donors (Lipinski definition) is 2. The normalized spacial score (nSPS) is 21.9. The second-order valence-electron chi connectivity index (χ2n) is 13.7. The number of nitrogens with two attached hydrogens (primary N) is 1. The molecule has 2 aromatic carbocycles. The number of amides is 3. The van der Waals surface area contributed by atoms with Crippen LogP contribution in [0.25, 0.3) is 0 Å². The van der Waals surface area contributed by atoms with Crippen LogP contribution in [0.15, 0.2) is 73.8 Å². The van der Waals surface area contributed by atoms with Gasteiger partial charge in [0.05, 0.1) is 0 Å². The van der Waals surface area contributed by atoms with E-state index in [4.69, 9.17) is 17.3 Å². The Hall–Kier alpha value is -3.42. The van der Waals surface area contributed by atoms with E-state index < -0.39 is 6.04 Å². The molecule has 1 heterocycles. The summed E-state index contributed by atoms with van der Waals surface area (Å²) in [5.74, 6) is 1.23. The number of halogens is 1. The van der Waals surface area contributed by atoms with Gasteiger partial charge in [0, 0.05) is 57.5 Å². The van der Waals surface area contributed by atoms with Gasteiger partial charge in [0.25, 0.3) is 0 Å². The highest BCUT2D eigenvalue weighted by Crippen LogP contribution is 2.60. The maximum atomic E-state index is 14.0. The third-order valence-corrected chi connectivity index (χ3v) is 10.9. The number of piperidine rings is 1. The lowest BCUT2D eigenvalue weighted by Gasteiger charge is -2.46. The highest BCUT2D eigenvalue weighted by molar-refractivity contribution is 6.30. The fourth-order valence-corrected chi connectivity index (χ4v) is 8.41. The zero-order valence-electron chi connectivity index (χ0n) is 28.3. The van der Waals surface area contributed by atoms with Gasteiger partial charge < -0.3 is 20.9 Å². The van der Waals surface area contributed by atoms with E-state index >= 15 is 0 Å². The molecule has 3 unspecified atom stereocenters. The third kappa shape index (κ3) is 9.14. The molecule has 5 rings (SSSR count). The van der Waals surface area contributed by atoms with Crippen molar-refractivity contribution < 1.29 is 14.4 Å². The zero-order chi connectivity index (χ0) is 34.0. The largest absolute Gasteiger partial charge is 0.349 e. The maximum Gasteiger partial charge on any atom is 0.245 e. The molecule has 0 radical (unpaired) electrons. The number of rotatable bonds is 10. The average molecular weight is 661 g/mol. The molecule has 0 bridgehead atoms. The molecule has 3 fully saturated rings. The van der Waals surface area contributed by atoms with Gasteiger partial charge in [-0.15, -0.1) is 0 Å². The van der Waals surface area contributed by atoms with Crippen molar-refractivity contribution in [3.63, 3.8) is 0 Å². The summed E-state index contributed by atoms with van der Waals surface area (Å²) in [5, 5.41) is 3.72. The smallest absolute Gasteiger partial charge is 0.245 e. The van der Waals surface area contributed by atoms with Crippen molar-refractivity contribution in [2.45, 2.75) is 76.8 Å². The molecule has 1 saturated heterocycles. The molecular weight excluding hydrogens is 608 g/mol. The second kappa shape index (κ2) is 17.1. The lowest BCUT2D eigenvalue weighted by Crippen LogP contribution is -2.53. The van der Waals surface area contributed by atoms with Gasteiger partial charge >= 0.3 is 0 Å². The van der Waals surface area contributed by atoms with Crippen molar-refractivity contribution in [1.82, 2.24) is 15.1 Å². The molecule has 0 aromatic heterocycles. The van der Waals surface area contributed by atoms with Gasteiger partial charge in [0.2, 0.25) is 17.7 Å². The Kier molecular flexibility index (Phi) is 13.3. The summed E-state index contributed by atoms with van der Waals surface area (Å²) in [7, 11) is 3.75. The average Bonchev–Trinajstić information content (AvgIpc) is 3.41. The standard InChI is InChI=1S/C35H47ClN4O3.C4H6/c1-39(2)33(42)29-22-35(30-10-6-5-9-28(29)30)17-19-40(20-18-35)34(43)31(21-24-11-14-27(36)15-12-24)38-32(41)16-13-25-7-3-4-8-26(25)23-37;1-3-4-2/h3-4,7-8,11-12,14-15,28-31H,5-6,9-10,13,16-23,37H2,1-2H3,(H,38,41);3-4H,1-2H2/t28?,29-,30?,31?;/m1./s1. The fraction of sp³-hybridized carbons (Fsp3) is 0.513. The Morgan fingerprint density at radius 3 is 2.28 bits per heavy atom. The van der Waals surface area contributed by atoms with Crippen molar-refractivity contribution in [3.05, 3.63) is 95.6 Å². The number of likely N-dealkylation sites (tertiary alicyclic amines) is 1. The summed E-state index contributed by atoms with van der Waals surface area (Å²) in [5.41, 5.74) is 9.07. The number of hydrogen-bond acceptors (Lipinski definition) is 4. The van der Waals surface area contributed by atoms with E-state index in [2.05, 4.69) is 18.5 Å². The molecule has 2 aromatic rings. The van der Waals surface area contributed by atoms with Gasteiger partial charge in [-0.1, -0.05) is 86.2 Å². The zero-order valence-corrected chi connectivity index (χ0v) is 29.0. The van der Waals surface area contributed by atoms with Crippen molar-refractivity contribution in [2.75, 3.05) is 27.2 Å². The number of fused-ring (bicyclic) bond motifs is 2. The molecular formula is C39H53ClN4O3. The van der Waals surface area contributed by atoms with E-state index in [0.29, 0.717) is 49.3 Å². The van der Waals surface area contributed by atoms with Crippen LogP contribution in [0.3, 0.4) is 0 Å². The maximum absolute atomic E-state index is 14.0. The van der Waals surface area contributed by atoms with Crippen LogP contribution in [-0.4, -0.2) is 60.7 Å². The summed E-state index contributed by atoms with van der Waals surface area (Å²) in [6.45, 7) is 8.49. The number of aryl methyl sites for hydroxylation is 1. The molecule has 4 atom stereocenters. The number of allylic oxidation sites excluding steroid dienone is 2. The lowest BCUT2D eigenvalue weighted by molar-refractivity contribution is -0.139. The van der Waals surface area contributed by atoms with E-state index in [0.717, 1.165) is 42.4 Å². The summed E-state index contributed by atoms with van der Waals surface area (Å²) in [6.07, 6.45) is 12.1. The third-order valence-electron chi connectivity index (χ3n) is 10.7. The van der Waals surface area contributed by atoms with Gasteiger partial charge in [0.15, 0.2) is 0 Å². The Balaban J connectivity index is 0.00000118. The van der Waals surface area contributed by atoms with E-state index in [-0.39, 0.29) is 35.5 Å². The first-order valence-corrected chi connectivity index (χ1v) is 17.5. The Morgan fingerprint density at radius 1 is 1.02 bits per heavy atom. The van der Waals surface area contributed by atoms with Crippen LogP contribution < -0.4 is 11.1 Å². The van der Waals surface area contributed by atoms with Crippen LogP contribution in [0.5, 0.6) is 0 Å². The molecule has 8 heteroatoms. The number of nitrogens with one attached hydrogen (secondary N) is 1. The van der Waals surface area contributed by atoms with Crippen LogP contribution in [-0.2, 0) is 33.8 Å². The number of benzene rings is 2. The summed E-state index contributed by atoms with van der Waals surface area (Å²) >= 11 is 6.12. The summed E-state index contributed by atoms with van der Waals surface area (Å²) < 4.78 is 0. The van der Waals surface area contributed by atoms with E-state index in [1.54, 1.807) is 17.1 Å². The molecule has 3 aliphatic rings. The molecule has 3 amide bonds. The fourth-order valence-electron chi connectivity index (χ4n) is 8.28. The number of carbonyl (C=O) groups excluding carboxylic acids is 3. The van der Waals surface area contributed by atoms with Crippen LogP contribution in [0.4, 0.5) is 0 Å². The summed E-state index contributed by atoms with van der Waals surface area (Å²) in [6, 6.07) is 14.7. The topological polar surface area (TPSA) is 95.7 Å². The van der Waals surface area contributed by atoms with E-state index in [1.807, 2.05) is 67.5 Å². The van der Waals surface area contributed by atoms with Crippen LogP contribution in [0, 0.1) is 23.2 Å². The van der Waals surface area contributed by atoms with Crippen LogP contribution >= 0.6 is 11.6 Å². The Morgan fingerprint density at radius 2 is 1.66 bits per heavy atom. The molecule has 1 aliphatic heterocycles. The van der Waals surface area contributed by atoms with Gasteiger partial charge in [0.1, 0.15) is 6.04 Å². The number of nitrogens with zero attached hydrogens (tertiary/aromatic N) is 2. The van der Waals surface area contributed by atoms with Crippen molar-refractivity contribution in [2.24, 2.45) is 28.9 Å². The van der Waals surface area contributed by atoms with Gasteiger partial charge in [-0.3, -0.25) is 14.4 Å². The highest BCUT2D eigenvalue weighted by atomic mass is 35.5. The lowest BCUT2D eigenvalue weighted by atomic mass is 9.65. The highest BCUT2D eigenvalue weighted by Gasteiger charge is 2.56. The van der Waals surface area contributed by atoms with Gasteiger partial charge in [-0.2, -0.15) is 0 Å². The molecule has 7 nitrogen and oxygen atoms in total. The second-order valence-corrected chi connectivity index (χ2v) is 14.1. The molecule has 3 N–H and O–H groups in total. The first kappa shape index (κ1) is 36.4. The van der Waals surface area contributed by atoms with Crippen molar-refractivity contribution in [1.29, 1.82) is 0 Å². The first-order valence-electron chi connectivity index (χ1n) is 17.2. The molecule has 254 valence electrons. The number of carbonyl (C=O) groups is 3. The van der Waals surface area contributed by atoms with E-state index in [1.165, 1.54) is 19.3 Å². The van der Waals surface area contributed by atoms with Gasteiger partial charge in [-0.25, -0.2) is 0 Å². The van der Waals surface area contributed by atoms with E-state index in [9.17, 15) is 14.4 Å². The summed E-state index contributed by atoms with van der Waals surface area (Å²) in [4.78, 5) is 44.1.